The average molecular weight is 421 g/mol. The molecule has 1 aliphatic rings. The number of halogens is 1. The second-order valence-electron chi connectivity index (χ2n) is 5.87. The molecule has 1 unspecified atom stereocenters. The highest BCUT2D eigenvalue weighted by Gasteiger charge is 2.38. The van der Waals surface area contributed by atoms with Gasteiger partial charge in [0.05, 0.1) is 11.2 Å². The van der Waals surface area contributed by atoms with Crippen molar-refractivity contribution in [2.24, 2.45) is 0 Å². The molecule has 0 aliphatic carbocycles. The van der Waals surface area contributed by atoms with Crippen molar-refractivity contribution in [2.75, 3.05) is 6.54 Å². The summed E-state index contributed by atoms with van der Waals surface area (Å²) in [6.45, 7) is 2.10. The van der Waals surface area contributed by atoms with Gasteiger partial charge in [-0.25, -0.2) is 4.98 Å². The molecule has 2 aromatic rings. The van der Waals surface area contributed by atoms with Gasteiger partial charge < -0.3 is 10.3 Å². The topological polar surface area (TPSA) is 78.1 Å². The van der Waals surface area contributed by atoms with Crippen LogP contribution in [0, 0.1) is 0 Å². The average Bonchev–Trinajstić information content (AvgIpc) is 3.25. The summed E-state index contributed by atoms with van der Waals surface area (Å²) in [5.74, 6) is -0.550. The number of amides is 2. The molecule has 2 N–H and O–H groups in total. The Hall–Kier alpha value is -2.16. The zero-order chi connectivity index (χ0) is 19.4. The fraction of sp³-hybridized carbons (Fsp3) is 0.222. The molecule has 2 heterocycles. The number of aromatic amines is 1. The number of rotatable bonds is 6. The van der Waals surface area contributed by atoms with Gasteiger partial charge in [-0.15, -0.1) is 0 Å². The third kappa shape index (κ3) is 4.58. The van der Waals surface area contributed by atoms with Crippen LogP contribution < -0.4 is 5.32 Å². The molecule has 1 fully saturated rings. The van der Waals surface area contributed by atoms with E-state index in [1.807, 2.05) is 18.2 Å². The van der Waals surface area contributed by atoms with Gasteiger partial charge in [0.2, 0.25) is 5.91 Å². The van der Waals surface area contributed by atoms with Gasteiger partial charge in [-0.2, -0.15) is 0 Å². The molecule has 0 spiro atoms. The summed E-state index contributed by atoms with van der Waals surface area (Å²) in [6.07, 6.45) is 5.62. The number of benzene rings is 1. The van der Waals surface area contributed by atoms with Crippen LogP contribution in [0.1, 0.15) is 18.2 Å². The van der Waals surface area contributed by atoms with Crippen LogP contribution in [0.5, 0.6) is 0 Å². The molecule has 2 amide bonds. The van der Waals surface area contributed by atoms with Crippen LogP contribution in [0.3, 0.4) is 0 Å². The summed E-state index contributed by atoms with van der Waals surface area (Å²) in [7, 11) is 0. The minimum Gasteiger partial charge on any atom is -0.354 e. The predicted molar refractivity (Wildman–Crippen MR) is 111 cm³/mol. The van der Waals surface area contributed by atoms with Gasteiger partial charge in [-0.3, -0.25) is 14.5 Å². The molecule has 3 rings (SSSR count). The summed E-state index contributed by atoms with van der Waals surface area (Å²) in [5.41, 5.74) is 1.66. The largest absolute Gasteiger partial charge is 0.354 e. The lowest BCUT2D eigenvalue weighted by molar-refractivity contribution is -0.132. The van der Waals surface area contributed by atoms with E-state index in [1.54, 1.807) is 31.6 Å². The first kappa shape index (κ1) is 19.6. The molecular formula is C18H17ClN4O2S2. The Morgan fingerprint density at radius 1 is 1.48 bits per heavy atom. The Balaban J connectivity index is 1.65. The number of nitrogens with zero attached hydrogens (tertiary/aromatic N) is 2. The van der Waals surface area contributed by atoms with Gasteiger partial charge in [0.1, 0.15) is 10.4 Å². The van der Waals surface area contributed by atoms with Crippen LogP contribution in [0.25, 0.3) is 6.08 Å². The second kappa shape index (κ2) is 8.69. The van der Waals surface area contributed by atoms with Crippen molar-refractivity contribution in [3.8, 4) is 0 Å². The van der Waals surface area contributed by atoms with Gasteiger partial charge >= 0.3 is 0 Å². The Morgan fingerprint density at radius 3 is 2.96 bits per heavy atom. The highest BCUT2D eigenvalue weighted by atomic mass is 35.5. The van der Waals surface area contributed by atoms with Crippen molar-refractivity contribution >= 4 is 57.8 Å². The van der Waals surface area contributed by atoms with Crippen molar-refractivity contribution in [1.29, 1.82) is 0 Å². The zero-order valence-electron chi connectivity index (χ0n) is 14.4. The van der Waals surface area contributed by atoms with Gasteiger partial charge in [-0.1, -0.05) is 53.8 Å². The van der Waals surface area contributed by atoms with Crippen molar-refractivity contribution in [3.05, 3.63) is 58.0 Å². The van der Waals surface area contributed by atoms with E-state index in [1.165, 1.54) is 16.7 Å². The Labute approximate surface area is 171 Å². The molecule has 1 saturated heterocycles. The second-order valence-corrected chi connectivity index (χ2v) is 7.95. The quantitative estimate of drug-likeness (QED) is 0.554. The van der Waals surface area contributed by atoms with Crippen LogP contribution in [0.15, 0.2) is 41.7 Å². The number of hydrogen-bond donors (Lipinski definition) is 2. The number of carbonyl (C=O) groups is 2. The molecule has 140 valence electrons. The van der Waals surface area contributed by atoms with E-state index in [-0.39, 0.29) is 11.8 Å². The van der Waals surface area contributed by atoms with Gasteiger partial charge in [0.25, 0.3) is 5.91 Å². The predicted octanol–water partition coefficient (Wildman–Crippen LogP) is 3.01. The van der Waals surface area contributed by atoms with Crippen molar-refractivity contribution in [2.45, 2.75) is 19.4 Å². The van der Waals surface area contributed by atoms with E-state index in [4.69, 9.17) is 23.8 Å². The molecule has 9 heteroatoms. The maximum absolute atomic E-state index is 12.8. The highest BCUT2D eigenvalue weighted by Crippen LogP contribution is 2.34. The molecular weight excluding hydrogens is 404 g/mol. The first-order chi connectivity index (χ1) is 13.0. The summed E-state index contributed by atoms with van der Waals surface area (Å²) in [4.78, 5) is 33.9. The van der Waals surface area contributed by atoms with Crippen LogP contribution in [-0.4, -0.2) is 43.6 Å². The van der Waals surface area contributed by atoms with E-state index >= 15 is 0 Å². The minimum absolute atomic E-state index is 0.259. The maximum Gasteiger partial charge on any atom is 0.266 e. The van der Waals surface area contributed by atoms with Crippen molar-refractivity contribution < 1.29 is 9.59 Å². The summed E-state index contributed by atoms with van der Waals surface area (Å²) in [6, 6.07) is 6.54. The van der Waals surface area contributed by atoms with E-state index in [0.29, 0.717) is 27.2 Å². The monoisotopic (exact) mass is 420 g/mol. The van der Waals surface area contributed by atoms with Gasteiger partial charge in [-0.05, 0) is 24.6 Å². The van der Waals surface area contributed by atoms with E-state index < -0.39 is 6.04 Å². The SMILES string of the molecule is CC(C(=O)NCCc1cnc[nH]1)N1C(=O)/C(=C/c2ccccc2Cl)SC1=S. The fourth-order valence-corrected chi connectivity index (χ4v) is 4.15. The molecule has 0 saturated carbocycles. The number of H-pyrrole nitrogens is 1. The van der Waals surface area contributed by atoms with Crippen LogP contribution in [-0.2, 0) is 16.0 Å². The number of thiocarbonyl (C=S) groups is 1. The van der Waals surface area contributed by atoms with E-state index in [9.17, 15) is 9.59 Å². The lowest BCUT2D eigenvalue weighted by Crippen LogP contribution is -2.47. The first-order valence-electron chi connectivity index (χ1n) is 8.24. The molecule has 1 aromatic heterocycles. The van der Waals surface area contributed by atoms with Gasteiger partial charge in [0.15, 0.2) is 0 Å². The molecule has 1 aliphatic heterocycles. The molecule has 27 heavy (non-hydrogen) atoms. The Bertz CT molecular complexity index is 899. The summed E-state index contributed by atoms with van der Waals surface area (Å²) in [5, 5.41) is 3.37. The normalized spacial score (nSPS) is 16.8. The lowest BCUT2D eigenvalue weighted by Gasteiger charge is -2.22. The molecule has 6 nitrogen and oxygen atoms in total. The number of imidazole rings is 1. The number of nitrogens with one attached hydrogen (secondary N) is 2. The summed E-state index contributed by atoms with van der Waals surface area (Å²) >= 11 is 12.6. The highest BCUT2D eigenvalue weighted by molar-refractivity contribution is 8.26. The third-order valence-electron chi connectivity index (χ3n) is 4.03. The minimum atomic E-state index is -0.698. The maximum atomic E-state index is 12.8. The molecule has 0 bridgehead atoms. The molecule has 1 aromatic carbocycles. The third-order valence-corrected chi connectivity index (χ3v) is 5.71. The van der Waals surface area contributed by atoms with Crippen LogP contribution >= 0.6 is 35.6 Å². The van der Waals surface area contributed by atoms with E-state index in [2.05, 4.69) is 15.3 Å². The number of aromatic nitrogens is 2. The van der Waals surface area contributed by atoms with Crippen molar-refractivity contribution in [1.82, 2.24) is 20.2 Å². The summed E-state index contributed by atoms with van der Waals surface area (Å²) < 4.78 is 0.356. The number of hydrogen-bond acceptors (Lipinski definition) is 5. The number of carbonyl (C=O) groups excluding carboxylic acids is 2. The Kier molecular flexibility index (Phi) is 6.30. The lowest BCUT2D eigenvalue weighted by atomic mass is 10.2. The van der Waals surface area contributed by atoms with E-state index in [0.717, 1.165) is 11.3 Å². The molecule has 0 radical (unpaired) electrons. The van der Waals surface area contributed by atoms with Crippen molar-refractivity contribution in [3.63, 3.8) is 0 Å². The van der Waals surface area contributed by atoms with Crippen LogP contribution in [0.2, 0.25) is 5.02 Å². The molecule has 1 atom stereocenters. The zero-order valence-corrected chi connectivity index (χ0v) is 16.8. The Morgan fingerprint density at radius 2 is 2.26 bits per heavy atom. The van der Waals surface area contributed by atoms with Crippen LogP contribution in [0.4, 0.5) is 0 Å². The smallest absolute Gasteiger partial charge is 0.266 e. The standard InChI is InChI=1S/C18H17ClN4O2S2/c1-11(16(24)21-7-6-13-9-20-10-22-13)23-17(25)15(27-18(23)26)8-12-4-2-3-5-14(12)19/h2-5,8-11H,6-7H2,1H3,(H,20,22)(H,21,24)/b15-8-. The fourth-order valence-electron chi connectivity index (χ4n) is 2.55. The van der Waals surface area contributed by atoms with Gasteiger partial charge in [0, 0.05) is 29.9 Å². The number of thioether (sulfide) groups is 1. The first-order valence-corrected chi connectivity index (χ1v) is 9.84.